The highest BCUT2D eigenvalue weighted by Gasteiger charge is 2.30. The number of hydrogen-bond acceptors (Lipinski definition) is 2. The van der Waals surface area contributed by atoms with Crippen molar-refractivity contribution < 1.29 is 4.74 Å². The molecule has 2 nitrogen and oxygen atoms in total. The molecule has 0 aromatic carbocycles. The molecule has 0 fully saturated rings. The van der Waals surface area contributed by atoms with Crippen LogP contribution in [0.3, 0.4) is 0 Å². The molecule has 1 aliphatic heterocycles. The minimum absolute atomic E-state index is 0.491. The van der Waals surface area contributed by atoms with E-state index in [0.717, 1.165) is 13.2 Å². The first-order chi connectivity index (χ1) is 8.57. The van der Waals surface area contributed by atoms with Gasteiger partial charge in [0.1, 0.15) is 0 Å². The molecule has 0 saturated carbocycles. The SMILES string of the molecule is CCCNC(C1=COCCC1)C(C(C)C)C(C)C. The molecule has 2 heteroatoms. The monoisotopic (exact) mass is 253 g/mol. The number of nitrogens with one attached hydrogen (secondary N) is 1. The zero-order chi connectivity index (χ0) is 13.5. The maximum atomic E-state index is 5.55. The summed E-state index contributed by atoms with van der Waals surface area (Å²) in [5.74, 6) is 2.08. The lowest BCUT2D eigenvalue weighted by Crippen LogP contribution is -2.43. The number of hydrogen-bond donors (Lipinski definition) is 1. The minimum Gasteiger partial charge on any atom is -0.501 e. The molecular formula is C16H31NO. The standard InChI is InChI=1S/C16H31NO/c1-6-9-17-16(14-8-7-10-18-11-14)15(12(2)3)13(4)5/h11-13,15-17H,6-10H2,1-5H3. The molecule has 0 radical (unpaired) electrons. The van der Waals surface area contributed by atoms with Gasteiger partial charge in [-0.2, -0.15) is 0 Å². The normalized spacial score (nSPS) is 18.1. The van der Waals surface area contributed by atoms with Crippen molar-refractivity contribution in [3.63, 3.8) is 0 Å². The molecule has 0 amide bonds. The van der Waals surface area contributed by atoms with Crippen molar-refractivity contribution in [1.82, 2.24) is 5.32 Å². The minimum atomic E-state index is 0.491. The Balaban J connectivity index is 2.83. The van der Waals surface area contributed by atoms with Gasteiger partial charge in [0, 0.05) is 6.04 Å². The summed E-state index contributed by atoms with van der Waals surface area (Å²) >= 11 is 0. The van der Waals surface area contributed by atoms with Crippen LogP contribution in [0.2, 0.25) is 0 Å². The number of ether oxygens (including phenoxy) is 1. The van der Waals surface area contributed by atoms with Crippen molar-refractivity contribution >= 4 is 0 Å². The lowest BCUT2D eigenvalue weighted by Gasteiger charge is -2.36. The topological polar surface area (TPSA) is 21.3 Å². The Labute approximate surface area is 113 Å². The van der Waals surface area contributed by atoms with Crippen LogP contribution in [0.4, 0.5) is 0 Å². The second-order valence-corrected chi connectivity index (χ2v) is 6.16. The molecule has 0 bridgehead atoms. The van der Waals surface area contributed by atoms with Gasteiger partial charge in [-0.3, -0.25) is 0 Å². The van der Waals surface area contributed by atoms with Gasteiger partial charge in [0.05, 0.1) is 12.9 Å². The van der Waals surface area contributed by atoms with E-state index in [-0.39, 0.29) is 0 Å². The molecule has 0 saturated heterocycles. The third-order valence-electron chi connectivity index (χ3n) is 3.90. The Hall–Kier alpha value is -0.500. The van der Waals surface area contributed by atoms with Crippen LogP contribution < -0.4 is 5.32 Å². The average molecular weight is 253 g/mol. The zero-order valence-electron chi connectivity index (χ0n) is 12.8. The van der Waals surface area contributed by atoms with E-state index in [1.165, 1.54) is 24.8 Å². The zero-order valence-corrected chi connectivity index (χ0v) is 12.8. The van der Waals surface area contributed by atoms with Gasteiger partial charge >= 0.3 is 0 Å². The lowest BCUT2D eigenvalue weighted by atomic mass is 9.76. The molecule has 1 N–H and O–H groups in total. The van der Waals surface area contributed by atoms with Gasteiger partial charge in [0.25, 0.3) is 0 Å². The summed E-state index contributed by atoms with van der Waals surface area (Å²) in [6.07, 6.45) is 5.57. The Morgan fingerprint density at radius 3 is 2.33 bits per heavy atom. The fourth-order valence-electron chi connectivity index (χ4n) is 3.17. The van der Waals surface area contributed by atoms with Gasteiger partial charge in [0.2, 0.25) is 0 Å². The first-order valence-electron chi connectivity index (χ1n) is 7.61. The second kappa shape index (κ2) is 7.83. The quantitative estimate of drug-likeness (QED) is 0.741. The molecule has 1 atom stereocenters. The Morgan fingerprint density at radius 1 is 1.22 bits per heavy atom. The van der Waals surface area contributed by atoms with E-state index in [4.69, 9.17) is 4.74 Å². The molecule has 0 aromatic heterocycles. The van der Waals surface area contributed by atoms with Gasteiger partial charge < -0.3 is 10.1 Å². The molecule has 1 rings (SSSR count). The third kappa shape index (κ3) is 4.31. The average Bonchev–Trinajstić information content (AvgIpc) is 2.34. The van der Waals surface area contributed by atoms with E-state index in [1.54, 1.807) is 0 Å². The smallest absolute Gasteiger partial charge is 0.0876 e. The lowest BCUT2D eigenvalue weighted by molar-refractivity contribution is 0.189. The maximum absolute atomic E-state index is 5.55. The van der Waals surface area contributed by atoms with E-state index >= 15 is 0 Å². The van der Waals surface area contributed by atoms with Crippen molar-refractivity contribution in [1.29, 1.82) is 0 Å². The highest BCUT2D eigenvalue weighted by Crippen LogP contribution is 2.31. The van der Waals surface area contributed by atoms with E-state index in [2.05, 4.69) is 39.9 Å². The van der Waals surface area contributed by atoms with Crippen molar-refractivity contribution in [3.05, 3.63) is 11.8 Å². The van der Waals surface area contributed by atoms with Gasteiger partial charge in [-0.25, -0.2) is 0 Å². The Kier molecular flexibility index (Phi) is 6.77. The molecule has 1 aliphatic rings. The molecule has 0 aromatic rings. The Morgan fingerprint density at radius 2 is 1.89 bits per heavy atom. The van der Waals surface area contributed by atoms with Crippen molar-refractivity contribution in [2.45, 2.75) is 59.9 Å². The molecule has 1 heterocycles. The van der Waals surface area contributed by atoms with Crippen LogP contribution in [-0.4, -0.2) is 19.2 Å². The van der Waals surface area contributed by atoms with Crippen molar-refractivity contribution in [2.24, 2.45) is 17.8 Å². The molecule has 106 valence electrons. The van der Waals surface area contributed by atoms with Crippen LogP contribution in [0.25, 0.3) is 0 Å². The number of rotatable bonds is 7. The van der Waals surface area contributed by atoms with E-state index in [1.807, 2.05) is 6.26 Å². The summed E-state index contributed by atoms with van der Waals surface area (Å²) in [4.78, 5) is 0. The van der Waals surface area contributed by atoms with Crippen LogP contribution in [0.5, 0.6) is 0 Å². The predicted octanol–water partition coefficient (Wildman–Crippen LogP) is 3.98. The predicted molar refractivity (Wildman–Crippen MR) is 78.5 cm³/mol. The first-order valence-corrected chi connectivity index (χ1v) is 7.61. The fourth-order valence-corrected chi connectivity index (χ4v) is 3.17. The van der Waals surface area contributed by atoms with E-state index in [0.29, 0.717) is 23.8 Å². The Bertz CT molecular complexity index is 250. The summed E-state index contributed by atoms with van der Waals surface area (Å²) in [7, 11) is 0. The van der Waals surface area contributed by atoms with E-state index < -0.39 is 0 Å². The van der Waals surface area contributed by atoms with Crippen LogP contribution in [0.1, 0.15) is 53.9 Å². The van der Waals surface area contributed by atoms with Crippen LogP contribution in [-0.2, 0) is 4.74 Å². The van der Waals surface area contributed by atoms with Crippen molar-refractivity contribution in [3.8, 4) is 0 Å². The largest absolute Gasteiger partial charge is 0.501 e. The summed E-state index contributed by atoms with van der Waals surface area (Å²) in [5.41, 5.74) is 1.47. The molecule has 0 spiro atoms. The summed E-state index contributed by atoms with van der Waals surface area (Å²) < 4.78 is 5.55. The summed E-state index contributed by atoms with van der Waals surface area (Å²) in [6, 6.07) is 0.491. The highest BCUT2D eigenvalue weighted by atomic mass is 16.5. The molecule has 1 unspecified atom stereocenters. The van der Waals surface area contributed by atoms with Crippen LogP contribution >= 0.6 is 0 Å². The molecule has 0 aliphatic carbocycles. The maximum Gasteiger partial charge on any atom is 0.0876 e. The third-order valence-corrected chi connectivity index (χ3v) is 3.90. The molecular weight excluding hydrogens is 222 g/mol. The van der Waals surface area contributed by atoms with Gasteiger partial charge in [0.15, 0.2) is 0 Å². The highest BCUT2D eigenvalue weighted by molar-refractivity contribution is 5.12. The van der Waals surface area contributed by atoms with Crippen LogP contribution in [0, 0.1) is 17.8 Å². The molecule has 18 heavy (non-hydrogen) atoms. The van der Waals surface area contributed by atoms with Crippen molar-refractivity contribution in [2.75, 3.05) is 13.2 Å². The van der Waals surface area contributed by atoms with E-state index in [9.17, 15) is 0 Å². The van der Waals surface area contributed by atoms with Gasteiger partial charge in [-0.15, -0.1) is 0 Å². The van der Waals surface area contributed by atoms with Gasteiger partial charge in [-0.05, 0) is 49.1 Å². The van der Waals surface area contributed by atoms with Gasteiger partial charge in [-0.1, -0.05) is 34.6 Å². The first kappa shape index (κ1) is 15.6. The second-order valence-electron chi connectivity index (χ2n) is 6.16. The summed E-state index contributed by atoms with van der Waals surface area (Å²) in [5, 5.41) is 3.75. The van der Waals surface area contributed by atoms with Crippen LogP contribution in [0.15, 0.2) is 11.8 Å². The summed E-state index contributed by atoms with van der Waals surface area (Å²) in [6.45, 7) is 13.6. The fraction of sp³-hybridized carbons (Fsp3) is 0.875.